The number of hydrogen-bond donors (Lipinski definition) is 0. The number of rotatable bonds is 1. The van der Waals surface area contributed by atoms with Crippen LogP contribution in [0.1, 0.15) is 25.8 Å². The van der Waals surface area contributed by atoms with Crippen LogP contribution in [0.2, 0.25) is 5.02 Å². The Morgan fingerprint density at radius 2 is 2.19 bits per heavy atom. The first-order chi connectivity index (χ1) is 7.52. The second-order valence-electron chi connectivity index (χ2n) is 5.11. The van der Waals surface area contributed by atoms with E-state index in [0.29, 0.717) is 16.0 Å². The van der Waals surface area contributed by atoms with Gasteiger partial charge >= 0.3 is 0 Å². The van der Waals surface area contributed by atoms with Gasteiger partial charge in [-0.15, -0.1) is 0 Å². The predicted octanol–water partition coefficient (Wildman–Crippen LogP) is 3.45. The molecule has 1 saturated heterocycles. The maximum absolute atomic E-state index is 9.08. The first-order valence-electron chi connectivity index (χ1n) is 5.46. The van der Waals surface area contributed by atoms with Crippen LogP contribution in [0.5, 0.6) is 0 Å². The van der Waals surface area contributed by atoms with Crippen molar-refractivity contribution in [3.63, 3.8) is 0 Å². The first-order valence-corrected chi connectivity index (χ1v) is 5.84. The maximum atomic E-state index is 9.08. The van der Waals surface area contributed by atoms with Crippen molar-refractivity contribution >= 4 is 17.3 Å². The summed E-state index contributed by atoms with van der Waals surface area (Å²) in [5.41, 5.74) is 2.01. The topological polar surface area (TPSA) is 27.0 Å². The molecule has 0 atom stereocenters. The molecule has 0 bridgehead atoms. The third-order valence-electron chi connectivity index (χ3n) is 3.10. The van der Waals surface area contributed by atoms with E-state index in [1.807, 2.05) is 6.07 Å². The molecule has 1 aromatic rings. The molecule has 0 amide bonds. The summed E-state index contributed by atoms with van der Waals surface area (Å²) in [5.74, 6) is 0. The molecule has 1 aromatic carbocycles. The Hall–Kier alpha value is -1.20. The van der Waals surface area contributed by atoms with Crippen LogP contribution in [0.15, 0.2) is 18.2 Å². The average molecular weight is 235 g/mol. The summed E-state index contributed by atoms with van der Waals surface area (Å²) in [6, 6.07) is 7.68. The van der Waals surface area contributed by atoms with Crippen molar-refractivity contribution in [1.82, 2.24) is 0 Å². The minimum Gasteiger partial charge on any atom is -0.370 e. The molecule has 1 aliphatic heterocycles. The fourth-order valence-electron chi connectivity index (χ4n) is 2.18. The van der Waals surface area contributed by atoms with Crippen molar-refractivity contribution in [2.45, 2.75) is 20.3 Å². The molecule has 0 radical (unpaired) electrons. The van der Waals surface area contributed by atoms with E-state index >= 15 is 0 Å². The third kappa shape index (κ3) is 2.15. The summed E-state index contributed by atoms with van der Waals surface area (Å²) in [6.07, 6.45) is 1.16. The van der Waals surface area contributed by atoms with Gasteiger partial charge in [-0.3, -0.25) is 0 Å². The quantitative estimate of drug-likeness (QED) is 0.744. The lowest BCUT2D eigenvalue weighted by Crippen LogP contribution is -2.23. The molecule has 0 unspecified atom stereocenters. The van der Waals surface area contributed by atoms with Crippen molar-refractivity contribution in [1.29, 1.82) is 5.26 Å². The second kappa shape index (κ2) is 3.99. The molecule has 0 saturated carbocycles. The van der Waals surface area contributed by atoms with Crippen LogP contribution in [0.25, 0.3) is 0 Å². The summed E-state index contributed by atoms with van der Waals surface area (Å²) in [5, 5.41) is 9.77. The Morgan fingerprint density at radius 3 is 2.75 bits per heavy atom. The van der Waals surface area contributed by atoms with Gasteiger partial charge in [0.1, 0.15) is 6.07 Å². The molecule has 0 aliphatic carbocycles. The summed E-state index contributed by atoms with van der Waals surface area (Å²) in [6.45, 7) is 6.50. The molecule has 1 heterocycles. The molecule has 0 spiro atoms. The molecule has 16 heavy (non-hydrogen) atoms. The van der Waals surface area contributed by atoms with Gasteiger partial charge in [0.25, 0.3) is 0 Å². The highest BCUT2D eigenvalue weighted by Crippen LogP contribution is 2.34. The van der Waals surface area contributed by atoms with Crippen molar-refractivity contribution in [3.8, 4) is 6.07 Å². The van der Waals surface area contributed by atoms with Crippen LogP contribution in [0.3, 0.4) is 0 Å². The molecule has 3 heteroatoms. The number of benzene rings is 1. The van der Waals surface area contributed by atoms with Gasteiger partial charge in [-0.05, 0) is 30.0 Å². The molecule has 2 nitrogen and oxygen atoms in total. The standard InChI is InChI=1S/C13H15ClN2/c1-13(2)5-6-16(9-13)12-7-11(14)4-3-10(12)8-15/h3-4,7H,5-6,9H2,1-2H3. The highest BCUT2D eigenvalue weighted by Gasteiger charge is 2.30. The van der Waals surface area contributed by atoms with Crippen molar-refractivity contribution < 1.29 is 0 Å². The van der Waals surface area contributed by atoms with Gasteiger partial charge in [-0.1, -0.05) is 25.4 Å². The van der Waals surface area contributed by atoms with Crippen LogP contribution in [-0.2, 0) is 0 Å². The third-order valence-corrected chi connectivity index (χ3v) is 3.33. The van der Waals surface area contributed by atoms with E-state index < -0.39 is 0 Å². The first kappa shape index (κ1) is 11.3. The van der Waals surface area contributed by atoms with Gasteiger partial charge in [0.05, 0.1) is 11.3 Å². The van der Waals surface area contributed by atoms with Gasteiger partial charge in [0.15, 0.2) is 0 Å². The Kier molecular flexibility index (Phi) is 2.82. The number of nitrogens with zero attached hydrogens (tertiary/aromatic N) is 2. The zero-order valence-corrected chi connectivity index (χ0v) is 10.4. The van der Waals surface area contributed by atoms with E-state index in [0.717, 1.165) is 25.2 Å². The van der Waals surface area contributed by atoms with E-state index in [1.54, 1.807) is 12.1 Å². The normalized spacial score (nSPS) is 18.5. The fourth-order valence-corrected chi connectivity index (χ4v) is 2.35. The van der Waals surface area contributed by atoms with Crippen molar-refractivity contribution in [2.75, 3.05) is 18.0 Å². The van der Waals surface area contributed by atoms with Gasteiger partial charge in [-0.2, -0.15) is 5.26 Å². The van der Waals surface area contributed by atoms with E-state index in [9.17, 15) is 0 Å². The lowest BCUT2D eigenvalue weighted by atomic mass is 9.93. The summed E-state index contributed by atoms with van der Waals surface area (Å²) < 4.78 is 0. The Bertz CT molecular complexity index is 446. The molecular formula is C13H15ClN2. The maximum Gasteiger partial charge on any atom is 0.101 e. The van der Waals surface area contributed by atoms with Crippen LogP contribution in [0.4, 0.5) is 5.69 Å². The van der Waals surface area contributed by atoms with Gasteiger partial charge in [0.2, 0.25) is 0 Å². The molecule has 2 rings (SSSR count). The summed E-state index contributed by atoms with van der Waals surface area (Å²) >= 11 is 5.99. The molecule has 0 aromatic heterocycles. The van der Waals surface area contributed by atoms with Crippen LogP contribution in [-0.4, -0.2) is 13.1 Å². The van der Waals surface area contributed by atoms with Crippen LogP contribution >= 0.6 is 11.6 Å². The predicted molar refractivity (Wildman–Crippen MR) is 66.8 cm³/mol. The zero-order valence-electron chi connectivity index (χ0n) is 9.63. The minimum atomic E-state index is 0.328. The van der Waals surface area contributed by atoms with E-state index in [-0.39, 0.29) is 0 Å². The number of hydrogen-bond acceptors (Lipinski definition) is 2. The zero-order chi connectivity index (χ0) is 11.8. The van der Waals surface area contributed by atoms with Crippen LogP contribution < -0.4 is 4.90 Å². The molecule has 1 aliphatic rings. The molecule has 1 fully saturated rings. The molecular weight excluding hydrogens is 220 g/mol. The number of halogens is 1. The minimum absolute atomic E-state index is 0.328. The molecule has 0 N–H and O–H groups in total. The number of anilines is 1. The SMILES string of the molecule is CC1(C)CCN(c2cc(Cl)ccc2C#N)C1. The highest BCUT2D eigenvalue weighted by atomic mass is 35.5. The summed E-state index contributed by atoms with van der Waals surface area (Å²) in [7, 11) is 0. The second-order valence-corrected chi connectivity index (χ2v) is 5.55. The Balaban J connectivity index is 2.34. The van der Waals surface area contributed by atoms with Crippen molar-refractivity contribution in [2.24, 2.45) is 5.41 Å². The molecule has 84 valence electrons. The summed E-state index contributed by atoms with van der Waals surface area (Å²) in [4.78, 5) is 2.25. The fraction of sp³-hybridized carbons (Fsp3) is 0.462. The van der Waals surface area contributed by atoms with Gasteiger partial charge in [-0.25, -0.2) is 0 Å². The van der Waals surface area contributed by atoms with E-state index in [1.165, 1.54) is 0 Å². The van der Waals surface area contributed by atoms with Crippen LogP contribution in [0, 0.1) is 16.7 Å². The van der Waals surface area contributed by atoms with Gasteiger partial charge in [0, 0.05) is 18.1 Å². The Labute approximate surface area is 101 Å². The lowest BCUT2D eigenvalue weighted by Gasteiger charge is -2.22. The number of nitriles is 1. The van der Waals surface area contributed by atoms with Crippen molar-refractivity contribution in [3.05, 3.63) is 28.8 Å². The highest BCUT2D eigenvalue weighted by molar-refractivity contribution is 6.30. The van der Waals surface area contributed by atoms with Gasteiger partial charge < -0.3 is 4.90 Å². The largest absolute Gasteiger partial charge is 0.370 e. The van der Waals surface area contributed by atoms with E-state index in [2.05, 4.69) is 24.8 Å². The average Bonchev–Trinajstić information content (AvgIpc) is 2.59. The Morgan fingerprint density at radius 1 is 1.44 bits per heavy atom. The smallest absolute Gasteiger partial charge is 0.101 e. The monoisotopic (exact) mass is 234 g/mol. The lowest BCUT2D eigenvalue weighted by molar-refractivity contribution is 0.418. The van der Waals surface area contributed by atoms with E-state index in [4.69, 9.17) is 16.9 Å².